The lowest BCUT2D eigenvalue weighted by Gasteiger charge is -2.22. The van der Waals surface area contributed by atoms with Gasteiger partial charge >= 0.3 is 0 Å². The average molecular weight is 482 g/mol. The van der Waals surface area contributed by atoms with Crippen LogP contribution in [0.1, 0.15) is 44.1 Å². The lowest BCUT2D eigenvalue weighted by molar-refractivity contribution is 0.325. The van der Waals surface area contributed by atoms with Gasteiger partial charge in [-0.3, -0.25) is 0 Å². The van der Waals surface area contributed by atoms with Gasteiger partial charge in [0.25, 0.3) is 0 Å². The number of fused-ring (bicyclic) bond motifs is 1. The first kappa shape index (κ1) is 22.7. The second-order valence-corrected chi connectivity index (χ2v) is 9.24. The van der Waals surface area contributed by atoms with Crippen molar-refractivity contribution in [1.82, 2.24) is 19.5 Å². The van der Waals surface area contributed by atoms with Crippen LogP contribution in [0.15, 0.2) is 48.7 Å². The van der Waals surface area contributed by atoms with E-state index in [0.717, 1.165) is 18.1 Å². The van der Waals surface area contributed by atoms with Crippen molar-refractivity contribution < 1.29 is 8.78 Å². The molecule has 2 aromatic carbocycles. The van der Waals surface area contributed by atoms with Crippen LogP contribution in [0.2, 0.25) is 5.02 Å². The lowest BCUT2D eigenvalue weighted by atomic mass is 9.87. The molecule has 34 heavy (non-hydrogen) atoms. The minimum Gasteiger partial charge on any atom is -0.350 e. The zero-order chi connectivity index (χ0) is 23.5. The molecule has 0 bridgehead atoms. The van der Waals surface area contributed by atoms with E-state index < -0.39 is 11.6 Å². The van der Waals surface area contributed by atoms with Crippen LogP contribution in [0.25, 0.3) is 22.6 Å². The number of rotatable bonds is 7. The van der Waals surface area contributed by atoms with Crippen LogP contribution in [0.4, 0.5) is 14.7 Å². The predicted molar refractivity (Wildman–Crippen MR) is 131 cm³/mol. The molecule has 2 aromatic heterocycles. The van der Waals surface area contributed by atoms with Gasteiger partial charge in [-0.1, -0.05) is 68.0 Å². The molecule has 0 radical (unpaired) electrons. The summed E-state index contributed by atoms with van der Waals surface area (Å²) in [4.78, 5) is 13.7. The Labute approximate surface area is 202 Å². The Hall–Kier alpha value is -3.06. The predicted octanol–water partition coefficient (Wildman–Crippen LogP) is 7.01. The minimum atomic E-state index is -0.901. The maximum absolute atomic E-state index is 14.7. The van der Waals surface area contributed by atoms with Crippen LogP contribution in [0.3, 0.4) is 0 Å². The summed E-state index contributed by atoms with van der Waals surface area (Å²) in [6.45, 7) is 1.10. The van der Waals surface area contributed by atoms with Crippen molar-refractivity contribution in [1.29, 1.82) is 0 Å². The maximum Gasteiger partial charge on any atom is 0.225 e. The van der Waals surface area contributed by atoms with Gasteiger partial charge in [0.15, 0.2) is 17.3 Å². The van der Waals surface area contributed by atoms with E-state index >= 15 is 0 Å². The normalized spacial score (nSPS) is 14.6. The molecule has 8 heteroatoms. The highest BCUT2D eigenvalue weighted by Crippen LogP contribution is 2.31. The summed E-state index contributed by atoms with van der Waals surface area (Å²) in [5.41, 5.74) is 2.21. The molecule has 176 valence electrons. The Morgan fingerprint density at radius 3 is 2.65 bits per heavy atom. The average Bonchev–Trinajstić information content (AvgIpc) is 3.22. The summed E-state index contributed by atoms with van der Waals surface area (Å²) in [6, 6.07) is 11.8. The van der Waals surface area contributed by atoms with Crippen molar-refractivity contribution in [2.24, 2.45) is 5.92 Å². The summed E-state index contributed by atoms with van der Waals surface area (Å²) in [7, 11) is 0. The Bertz CT molecular complexity index is 1300. The second-order valence-electron chi connectivity index (χ2n) is 8.83. The third-order valence-corrected chi connectivity index (χ3v) is 6.93. The Balaban J connectivity index is 1.50. The van der Waals surface area contributed by atoms with Crippen LogP contribution in [-0.4, -0.2) is 19.5 Å². The van der Waals surface area contributed by atoms with Gasteiger partial charge in [0.2, 0.25) is 5.95 Å². The maximum atomic E-state index is 14.7. The van der Waals surface area contributed by atoms with Crippen molar-refractivity contribution in [3.63, 3.8) is 0 Å². The van der Waals surface area contributed by atoms with E-state index in [2.05, 4.69) is 15.3 Å². The zero-order valence-electron chi connectivity index (χ0n) is 18.8. The number of aromatic nitrogens is 4. The smallest absolute Gasteiger partial charge is 0.225 e. The molecule has 1 fully saturated rings. The largest absolute Gasteiger partial charge is 0.350 e. The molecule has 0 atom stereocenters. The fourth-order valence-corrected chi connectivity index (χ4v) is 4.90. The molecule has 0 unspecified atom stereocenters. The fraction of sp³-hybridized carbons (Fsp3) is 0.346. The molecule has 1 aliphatic rings. The van der Waals surface area contributed by atoms with E-state index in [1.807, 2.05) is 28.8 Å². The molecular weight excluding hydrogens is 456 g/mol. The monoisotopic (exact) mass is 481 g/mol. The molecule has 4 aromatic rings. The highest BCUT2D eigenvalue weighted by atomic mass is 35.5. The number of hydrogen-bond donors (Lipinski definition) is 1. The van der Waals surface area contributed by atoms with Crippen molar-refractivity contribution in [3.05, 3.63) is 70.9 Å². The molecule has 1 N–H and O–H groups in total. The number of hydrogen-bond acceptors (Lipinski definition) is 4. The Kier molecular flexibility index (Phi) is 6.72. The van der Waals surface area contributed by atoms with Gasteiger partial charge in [-0.25, -0.2) is 18.7 Å². The summed E-state index contributed by atoms with van der Waals surface area (Å²) in [5.74, 6) is -0.368. The lowest BCUT2D eigenvalue weighted by Crippen LogP contribution is -2.12. The second kappa shape index (κ2) is 10.1. The van der Waals surface area contributed by atoms with E-state index in [4.69, 9.17) is 16.6 Å². The Morgan fingerprint density at radius 1 is 1.00 bits per heavy atom. The van der Waals surface area contributed by atoms with E-state index in [-0.39, 0.29) is 5.56 Å². The molecule has 0 saturated heterocycles. The van der Waals surface area contributed by atoms with Crippen LogP contribution >= 0.6 is 11.6 Å². The minimum absolute atomic E-state index is 0.132. The highest BCUT2D eigenvalue weighted by Gasteiger charge is 2.21. The van der Waals surface area contributed by atoms with Crippen LogP contribution in [-0.2, 0) is 13.1 Å². The van der Waals surface area contributed by atoms with Gasteiger partial charge in [-0.2, -0.15) is 4.98 Å². The standard InChI is InChI=1S/C26H26ClF2N5/c27-20-11-5-4-9-18(20)15-30-26-31-16-22-25(33-26)34(14-13-17-7-2-1-3-8-17)24(32-22)19-10-6-12-21(28)23(19)29/h4-6,9-12,16-17H,1-3,7-8,13-15H2,(H,30,31,33). The number of benzene rings is 2. The van der Waals surface area contributed by atoms with Crippen LogP contribution < -0.4 is 5.32 Å². The summed E-state index contributed by atoms with van der Waals surface area (Å²) in [5, 5.41) is 3.88. The molecule has 1 aliphatic carbocycles. The topological polar surface area (TPSA) is 55.6 Å². The molecule has 0 amide bonds. The quantitative estimate of drug-likeness (QED) is 0.308. The van der Waals surface area contributed by atoms with E-state index in [9.17, 15) is 8.78 Å². The number of anilines is 1. The van der Waals surface area contributed by atoms with E-state index in [1.54, 1.807) is 12.3 Å². The number of aryl methyl sites for hydroxylation is 1. The number of imidazole rings is 1. The van der Waals surface area contributed by atoms with Gasteiger partial charge < -0.3 is 9.88 Å². The molecule has 0 aliphatic heterocycles. The third-order valence-electron chi connectivity index (χ3n) is 6.56. The summed E-state index contributed by atoms with van der Waals surface area (Å²) >= 11 is 6.26. The first-order valence-corrected chi connectivity index (χ1v) is 12.1. The van der Waals surface area contributed by atoms with Crippen molar-refractivity contribution in [2.45, 2.75) is 51.6 Å². The zero-order valence-corrected chi connectivity index (χ0v) is 19.5. The number of nitrogens with zero attached hydrogens (tertiary/aromatic N) is 4. The van der Waals surface area contributed by atoms with Gasteiger partial charge in [-0.15, -0.1) is 0 Å². The van der Waals surface area contributed by atoms with E-state index in [1.165, 1.54) is 38.2 Å². The number of nitrogens with one attached hydrogen (secondary N) is 1. The molecule has 0 spiro atoms. The van der Waals surface area contributed by atoms with Crippen molar-refractivity contribution in [3.8, 4) is 11.4 Å². The first-order chi connectivity index (χ1) is 16.6. The van der Waals surface area contributed by atoms with Crippen LogP contribution in [0.5, 0.6) is 0 Å². The molecular formula is C26H26ClF2N5. The van der Waals surface area contributed by atoms with Crippen LogP contribution in [0, 0.1) is 17.6 Å². The fourth-order valence-electron chi connectivity index (χ4n) is 4.70. The highest BCUT2D eigenvalue weighted by molar-refractivity contribution is 6.31. The molecule has 5 rings (SSSR count). The van der Waals surface area contributed by atoms with E-state index in [0.29, 0.717) is 47.0 Å². The van der Waals surface area contributed by atoms with Crippen molar-refractivity contribution >= 4 is 28.7 Å². The van der Waals surface area contributed by atoms with Crippen molar-refractivity contribution in [2.75, 3.05) is 5.32 Å². The molecule has 2 heterocycles. The van der Waals surface area contributed by atoms with Gasteiger partial charge in [-0.05, 0) is 36.1 Å². The SMILES string of the molecule is Fc1cccc(-c2nc3cnc(NCc4ccccc4Cl)nc3n2CCC2CCCCC2)c1F. The molecule has 5 nitrogen and oxygen atoms in total. The Morgan fingerprint density at radius 2 is 1.82 bits per heavy atom. The first-order valence-electron chi connectivity index (χ1n) is 11.7. The van der Waals surface area contributed by atoms with Gasteiger partial charge in [0.1, 0.15) is 11.3 Å². The number of halogens is 3. The van der Waals surface area contributed by atoms with Gasteiger partial charge in [0.05, 0.1) is 11.8 Å². The third kappa shape index (κ3) is 4.75. The van der Waals surface area contributed by atoms with Gasteiger partial charge in [0, 0.05) is 18.1 Å². The molecule has 1 saturated carbocycles. The summed E-state index contributed by atoms with van der Waals surface area (Å²) < 4.78 is 30.7. The summed E-state index contributed by atoms with van der Waals surface area (Å²) in [6.07, 6.45) is 8.76.